The van der Waals surface area contributed by atoms with Gasteiger partial charge in [0.25, 0.3) is 0 Å². The van der Waals surface area contributed by atoms with E-state index in [-0.39, 0.29) is 5.91 Å². The molecule has 0 spiro atoms. The third-order valence-corrected chi connectivity index (χ3v) is 3.88. The van der Waals surface area contributed by atoms with Gasteiger partial charge in [-0.2, -0.15) is 0 Å². The van der Waals surface area contributed by atoms with Gasteiger partial charge < -0.3 is 15.5 Å². The number of aromatic nitrogens is 2. The van der Waals surface area contributed by atoms with Crippen molar-refractivity contribution in [2.24, 2.45) is 5.73 Å². The second-order valence-corrected chi connectivity index (χ2v) is 5.49. The Kier molecular flexibility index (Phi) is 3.47. The number of carbonyl (C=O) groups is 1. The molecule has 3 N–H and O–H groups in total. The second-order valence-electron chi connectivity index (χ2n) is 5.49. The number of carbonyl (C=O) groups excluding carboxylic acids is 1. The van der Waals surface area contributed by atoms with Gasteiger partial charge >= 0.3 is 0 Å². The van der Waals surface area contributed by atoms with Gasteiger partial charge in [-0.1, -0.05) is 25.0 Å². The van der Waals surface area contributed by atoms with Crippen molar-refractivity contribution in [3.63, 3.8) is 0 Å². The number of para-hydroxylation sites is 1. The van der Waals surface area contributed by atoms with E-state index >= 15 is 0 Å². The molecule has 0 aliphatic heterocycles. The molecule has 6 nitrogen and oxygen atoms in total. The summed E-state index contributed by atoms with van der Waals surface area (Å²) in [5.41, 5.74) is 6.76. The summed E-state index contributed by atoms with van der Waals surface area (Å²) in [7, 11) is 0. The summed E-state index contributed by atoms with van der Waals surface area (Å²) in [6, 6.07) is 7.35. The van der Waals surface area contributed by atoms with Crippen LogP contribution in [0.15, 0.2) is 28.7 Å². The molecule has 0 saturated heterocycles. The average Bonchev–Trinajstić information content (AvgIpc) is 3.09. The number of aryl methyl sites for hydroxylation is 1. The maximum absolute atomic E-state index is 12.4. The number of hydrogen-bond acceptors (Lipinski definition) is 5. The first-order chi connectivity index (χ1) is 10.1. The summed E-state index contributed by atoms with van der Waals surface area (Å²) < 4.78 is 5.44. The molecule has 21 heavy (non-hydrogen) atoms. The fourth-order valence-electron chi connectivity index (χ4n) is 2.66. The Morgan fingerprint density at radius 3 is 2.67 bits per heavy atom. The average molecular weight is 286 g/mol. The number of nitrogens with two attached hydrogens (primary N) is 1. The summed E-state index contributed by atoms with van der Waals surface area (Å²) in [5.74, 6) is 0.724. The monoisotopic (exact) mass is 286 g/mol. The van der Waals surface area contributed by atoms with Gasteiger partial charge in [0.15, 0.2) is 0 Å². The zero-order valence-electron chi connectivity index (χ0n) is 11.9. The third kappa shape index (κ3) is 2.67. The van der Waals surface area contributed by atoms with Crippen molar-refractivity contribution in [1.82, 2.24) is 10.2 Å². The Labute approximate surface area is 122 Å². The van der Waals surface area contributed by atoms with Crippen LogP contribution in [0.5, 0.6) is 0 Å². The highest BCUT2D eigenvalue weighted by Crippen LogP contribution is 2.31. The number of benzene rings is 1. The van der Waals surface area contributed by atoms with Crippen molar-refractivity contribution in [3.8, 4) is 11.5 Å². The lowest BCUT2D eigenvalue weighted by molar-refractivity contribution is -0.120. The molecule has 0 atom stereocenters. The van der Waals surface area contributed by atoms with Crippen LogP contribution in [0, 0.1) is 6.92 Å². The van der Waals surface area contributed by atoms with Crippen molar-refractivity contribution in [3.05, 3.63) is 30.2 Å². The van der Waals surface area contributed by atoms with E-state index in [1.165, 1.54) is 0 Å². The highest BCUT2D eigenvalue weighted by molar-refractivity contribution is 6.00. The lowest BCUT2D eigenvalue weighted by atomic mass is 9.97. The molecule has 1 aromatic carbocycles. The Morgan fingerprint density at radius 2 is 2.00 bits per heavy atom. The molecule has 1 saturated carbocycles. The minimum atomic E-state index is -0.766. The van der Waals surface area contributed by atoms with Gasteiger partial charge in [-0.25, -0.2) is 0 Å². The van der Waals surface area contributed by atoms with E-state index in [0.29, 0.717) is 23.0 Å². The lowest BCUT2D eigenvalue weighted by Gasteiger charge is -2.22. The van der Waals surface area contributed by atoms with Crippen LogP contribution in [0.2, 0.25) is 0 Å². The fraction of sp³-hybridized carbons (Fsp3) is 0.400. The quantitative estimate of drug-likeness (QED) is 0.902. The van der Waals surface area contributed by atoms with Crippen molar-refractivity contribution in [2.75, 3.05) is 5.32 Å². The minimum absolute atomic E-state index is 0.149. The number of nitrogens with zero attached hydrogens (tertiary/aromatic N) is 2. The Hall–Kier alpha value is -2.21. The van der Waals surface area contributed by atoms with E-state index in [9.17, 15) is 4.79 Å². The van der Waals surface area contributed by atoms with E-state index < -0.39 is 5.54 Å². The van der Waals surface area contributed by atoms with Gasteiger partial charge in [-0.15, -0.1) is 10.2 Å². The number of rotatable bonds is 3. The van der Waals surface area contributed by atoms with Gasteiger partial charge in [0.05, 0.1) is 16.8 Å². The normalized spacial score (nSPS) is 16.9. The zero-order valence-corrected chi connectivity index (χ0v) is 11.9. The molecule has 1 aliphatic carbocycles. The predicted octanol–water partition coefficient (Wildman–Crippen LogP) is 2.26. The Morgan fingerprint density at radius 1 is 1.29 bits per heavy atom. The molecule has 3 rings (SSSR count). The highest BCUT2D eigenvalue weighted by atomic mass is 16.4. The molecule has 0 bridgehead atoms. The van der Waals surface area contributed by atoms with Gasteiger partial charge in [0.1, 0.15) is 0 Å². The Balaban J connectivity index is 1.87. The molecule has 0 radical (unpaired) electrons. The molecule has 0 unspecified atom stereocenters. The van der Waals surface area contributed by atoms with E-state index in [2.05, 4.69) is 15.5 Å². The van der Waals surface area contributed by atoms with Crippen LogP contribution in [0.1, 0.15) is 31.6 Å². The highest BCUT2D eigenvalue weighted by Gasteiger charge is 2.37. The first-order valence-electron chi connectivity index (χ1n) is 7.08. The van der Waals surface area contributed by atoms with Gasteiger partial charge in [0, 0.05) is 6.92 Å². The zero-order chi connectivity index (χ0) is 14.9. The fourth-order valence-corrected chi connectivity index (χ4v) is 2.66. The Bertz CT molecular complexity index is 659. The first kappa shape index (κ1) is 13.8. The molecule has 6 heteroatoms. The van der Waals surface area contributed by atoms with Crippen molar-refractivity contribution < 1.29 is 9.21 Å². The molecule has 1 heterocycles. The summed E-state index contributed by atoms with van der Waals surface area (Å²) >= 11 is 0. The van der Waals surface area contributed by atoms with Gasteiger partial charge in [0.2, 0.25) is 17.7 Å². The van der Waals surface area contributed by atoms with Crippen molar-refractivity contribution in [2.45, 2.75) is 38.1 Å². The number of anilines is 1. The van der Waals surface area contributed by atoms with Crippen molar-refractivity contribution >= 4 is 11.6 Å². The standard InChI is InChI=1S/C15H18N4O2/c1-10-18-19-13(21-10)11-6-2-3-7-12(11)17-14(20)15(16)8-4-5-9-15/h2-3,6-7H,4-5,8-9,16H2,1H3,(H,17,20). The van der Waals surface area contributed by atoms with Crippen LogP contribution in [0.25, 0.3) is 11.5 Å². The number of amides is 1. The predicted molar refractivity (Wildman–Crippen MR) is 78.5 cm³/mol. The van der Waals surface area contributed by atoms with E-state index in [4.69, 9.17) is 10.2 Å². The smallest absolute Gasteiger partial charge is 0.249 e. The number of hydrogen-bond donors (Lipinski definition) is 2. The van der Waals surface area contributed by atoms with Gasteiger partial charge in [-0.05, 0) is 25.0 Å². The van der Waals surface area contributed by atoms with Crippen LogP contribution in [-0.4, -0.2) is 21.6 Å². The number of nitrogens with one attached hydrogen (secondary N) is 1. The van der Waals surface area contributed by atoms with E-state index in [1.54, 1.807) is 6.92 Å². The summed E-state index contributed by atoms with van der Waals surface area (Å²) in [6.45, 7) is 1.73. The van der Waals surface area contributed by atoms with Crippen LogP contribution in [0.3, 0.4) is 0 Å². The maximum atomic E-state index is 12.4. The third-order valence-electron chi connectivity index (χ3n) is 3.88. The lowest BCUT2D eigenvalue weighted by Crippen LogP contribution is -2.48. The largest absolute Gasteiger partial charge is 0.421 e. The first-order valence-corrected chi connectivity index (χ1v) is 7.08. The second kappa shape index (κ2) is 5.29. The van der Waals surface area contributed by atoms with Crippen LogP contribution < -0.4 is 11.1 Å². The summed E-state index contributed by atoms with van der Waals surface area (Å²) in [6.07, 6.45) is 3.43. The van der Waals surface area contributed by atoms with E-state index in [1.807, 2.05) is 24.3 Å². The van der Waals surface area contributed by atoms with Crippen molar-refractivity contribution in [1.29, 1.82) is 0 Å². The summed E-state index contributed by atoms with van der Waals surface area (Å²) in [5, 5.41) is 10.7. The topological polar surface area (TPSA) is 94.0 Å². The molecule has 1 aliphatic rings. The molecule has 1 fully saturated rings. The molecule has 1 amide bonds. The van der Waals surface area contributed by atoms with Crippen LogP contribution >= 0.6 is 0 Å². The van der Waals surface area contributed by atoms with Gasteiger partial charge in [-0.3, -0.25) is 4.79 Å². The van der Waals surface area contributed by atoms with Crippen LogP contribution in [-0.2, 0) is 4.79 Å². The van der Waals surface area contributed by atoms with E-state index in [0.717, 1.165) is 25.7 Å². The molecular weight excluding hydrogens is 268 g/mol. The molecule has 1 aromatic heterocycles. The minimum Gasteiger partial charge on any atom is -0.421 e. The SMILES string of the molecule is Cc1nnc(-c2ccccc2NC(=O)C2(N)CCCC2)o1. The molecular formula is C15H18N4O2. The molecule has 2 aromatic rings. The van der Waals surface area contributed by atoms with Crippen LogP contribution in [0.4, 0.5) is 5.69 Å². The summed E-state index contributed by atoms with van der Waals surface area (Å²) in [4.78, 5) is 12.4. The maximum Gasteiger partial charge on any atom is 0.249 e. The molecule has 110 valence electrons.